The largest absolute Gasteiger partial charge is 0.479 e. The molecule has 11 fully saturated rings. The fourth-order valence-corrected chi connectivity index (χ4v) is 20.1. The number of fused-ring (bicyclic) bond motifs is 7. The fraction of sp³-hybridized carbons (Fsp3) is 0.929. The van der Waals surface area contributed by atoms with Gasteiger partial charge in [-0.3, -0.25) is 4.79 Å². The Balaban J connectivity index is 0.805. The number of carbonyl (C=O) groups excluding carboxylic acids is 2. The molecule has 0 aromatic heterocycles. The minimum Gasteiger partial charge on any atom is -0.479 e. The Bertz CT molecular complexity index is 3080. The lowest BCUT2D eigenvalue weighted by Crippen LogP contribution is -2.69. The molecular weight excluding hydrogens is 1400 g/mol. The van der Waals surface area contributed by atoms with Crippen LogP contribution in [0.15, 0.2) is 11.6 Å². The maximum Gasteiger partial charge on any atom is 0.335 e. The van der Waals surface area contributed by atoms with Crippen LogP contribution in [0.4, 0.5) is 0 Å². The Labute approximate surface area is 606 Å². The molecule has 0 radical (unpaired) electrons. The highest BCUT2D eigenvalue weighted by atomic mass is 16.8. The first kappa shape index (κ1) is 81.6. The van der Waals surface area contributed by atoms with E-state index >= 15 is 4.79 Å². The molecule has 7 saturated heterocycles. The third kappa shape index (κ3) is 14.1. The molecule has 0 bridgehead atoms. The minimum atomic E-state index is -2.22. The summed E-state index contributed by atoms with van der Waals surface area (Å²) in [7, 11) is 0. The molecule has 105 heavy (non-hydrogen) atoms. The average Bonchev–Trinajstić information content (AvgIpc) is 0.674. The second kappa shape index (κ2) is 30.6. The summed E-state index contributed by atoms with van der Waals surface area (Å²) in [6.07, 6.45) is -52.2. The number of ether oxygens (including phenoxy) is 14. The Morgan fingerprint density at radius 1 is 0.486 bits per heavy atom. The van der Waals surface area contributed by atoms with Crippen LogP contribution in [0.3, 0.4) is 0 Å². The normalized spacial score (nSPS) is 55.1. The lowest BCUT2D eigenvalue weighted by molar-refractivity contribution is -0.394. The van der Waals surface area contributed by atoms with Gasteiger partial charge in [-0.05, 0) is 124 Å². The molecule has 12 rings (SSSR count). The van der Waals surface area contributed by atoms with Gasteiger partial charge in [-0.2, -0.15) is 0 Å². The van der Waals surface area contributed by atoms with Crippen LogP contribution >= 0.6 is 0 Å². The van der Waals surface area contributed by atoms with Gasteiger partial charge in [-0.25, -0.2) is 4.79 Å². The number of carboxylic acids is 1. The van der Waals surface area contributed by atoms with E-state index in [1.54, 1.807) is 6.92 Å². The van der Waals surface area contributed by atoms with E-state index < -0.39 is 280 Å². The Hall–Kier alpha value is -2.85. The second-order valence-electron chi connectivity index (χ2n) is 33.5. The molecule has 18 N–H and O–H groups in total. The summed E-state index contributed by atoms with van der Waals surface area (Å²) in [6, 6.07) is 0. The molecule has 600 valence electrons. The van der Waals surface area contributed by atoms with Gasteiger partial charge in [-0.1, -0.05) is 53.2 Å². The molecule has 0 spiro atoms. The van der Waals surface area contributed by atoms with Crippen molar-refractivity contribution in [2.24, 2.45) is 50.2 Å². The number of aliphatic hydroxyl groups is 17. The average molecular weight is 1510 g/mol. The highest BCUT2D eigenvalue weighted by molar-refractivity contribution is 5.79. The summed E-state index contributed by atoms with van der Waals surface area (Å²) in [4.78, 5) is 43.2. The summed E-state index contributed by atoms with van der Waals surface area (Å²) >= 11 is 0. The molecule has 35 nitrogen and oxygen atoms in total. The van der Waals surface area contributed by atoms with Gasteiger partial charge in [0.05, 0.1) is 55.1 Å². The number of aliphatic hydroxyl groups excluding tert-OH is 17. The molecule has 0 amide bonds. The van der Waals surface area contributed by atoms with Crippen LogP contribution < -0.4 is 0 Å². The van der Waals surface area contributed by atoms with E-state index in [2.05, 4.69) is 40.7 Å². The first-order valence-corrected chi connectivity index (χ1v) is 36.8. The predicted molar refractivity (Wildman–Crippen MR) is 345 cm³/mol. The number of allylic oxidation sites excluding steroid dienone is 2. The number of aldehydes is 1. The van der Waals surface area contributed by atoms with Crippen LogP contribution in [-0.4, -0.2) is 339 Å². The first-order valence-electron chi connectivity index (χ1n) is 36.8. The van der Waals surface area contributed by atoms with Gasteiger partial charge < -0.3 is 163 Å². The topological polar surface area (TPSA) is 545 Å². The Kier molecular flexibility index (Phi) is 23.8. The van der Waals surface area contributed by atoms with E-state index in [0.29, 0.717) is 57.8 Å². The molecule has 0 aromatic rings. The van der Waals surface area contributed by atoms with Crippen molar-refractivity contribution in [2.75, 3.05) is 19.8 Å². The summed E-state index contributed by atoms with van der Waals surface area (Å²) in [6.45, 7) is 15.1. The summed E-state index contributed by atoms with van der Waals surface area (Å²) < 4.78 is 85.2. The zero-order valence-corrected chi connectivity index (χ0v) is 60.2. The maximum atomic E-state index is 15.8. The molecule has 7 heterocycles. The van der Waals surface area contributed by atoms with Crippen LogP contribution in [0.1, 0.15) is 127 Å². The van der Waals surface area contributed by atoms with Crippen LogP contribution in [0.5, 0.6) is 0 Å². The smallest absolute Gasteiger partial charge is 0.335 e. The van der Waals surface area contributed by atoms with Gasteiger partial charge in [0.25, 0.3) is 0 Å². The second-order valence-corrected chi connectivity index (χ2v) is 33.5. The van der Waals surface area contributed by atoms with Crippen LogP contribution in [-0.2, 0) is 80.7 Å². The number of hydrogen-bond acceptors (Lipinski definition) is 34. The third-order valence-electron chi connectivity index (χ3n) is 26.8. The highest BCUT2D eigenvalue weighted by Gasteiger charge is 2.72. The van der Waals surface area contributed by atoms with E-state index in [1.807, 2.05) is 0 Å². The van der Waals surface area contributed by atoms with E-state index in [0.717, 1.165) is 11.9 Å². The van der Waals surface area contributed by atoms with Crippen molar-refractivity contribution in [3.05, 3.63) is 11.6 Å². The molecule has 1 unspecified atom stereocenters. The lowest BCUT2D eigenvalue weighted by Gasteiger charge is -2.71. The van der Waals surface area contributed by atoms with Crippen molar-refractivity contribution < 1.29 is 173 Å². The SMILES string of the molecule is C[C@@H]1O[C@H](O[C@H]2[C@H](O)[C@@H](C(=O)O)O[C@@H](OC3CC[C@@]4(C)[C@@H](CC[C@]5(C)[C@@H]4CC=C4[C@@H]6CC(C)(C)CC[C@]6(C(=O)O[C@@H]6O[C@H](C)[C@H](O)[C@H](O)[C@H]6O[C@@H]6O[C@@H](C)[C@H](O[C@@H]7OC[C@@H](O)[C@H](O)[C@H]7O)[C@@H](O[C@@H]7OC[C@@H](O)[C@H](O)[C@H]7O)[C@H]6O)CC[C@]45C)[C@]3(C)C=O)[C@@H]2O[C@@H]2O[C@H](CO)[C@H](O)[C@H](O)[C@H]2O)[C@H](O)[C@H](O)[C@H]1O. The Morgan fingerprint density at radius 3 is 1.61 bits per heavy atom. The minimum absolute atomic E-state index is 0.117. The standard InChI is InChI=1S/C70H110O35/c1-25-36(75)41(80)46(85)59(94-25)101-51-48(87)53(56(89)90)102-63(55(51)104-60-47(86)42(81)40(79)32(21-71)97-60)98-35-13-14-66(6)33(67(35,7)24-72)12-15-69(9)34(66)11-10-28-29-20-65(4,5)16-18-70(29,19-17-68(28,69)8)64(91)105-62-54(43(82)37(76)26(2)95-62)103-61-49(88)52(100-58-45(84)39(78)31(74)23-93-58)50(27(3)96-61)99-57-44(83)38(77)30(73)22-92-57/h10,24-27,29-55,57-63,71,73-88H,11-23H2,1-9H3,(H,89,90)/t25-,26+,27-,29-,30+,31+,32+,33+,34+,35?,36-,37-,38-,39-,40-,41+,42-,43-,44+,45+,46+,47+,48-,49+,50-,51-,52-,53-,54+,55+,57-,58-,59+,60-,61-,62-,63+,66-,67-,68+,69+,70-/m0/s1. The van der Waals surface area contributed by atoms with E-state index in [1.165, 1.54) is 20.8 Å². The van der Waals surface area contributed by atoms with E-state index in [9.17, 15) is 102 Å². The molecule has 12 aliphatic rings. The van der Waals surface area contributed by atoms with Crippen molar-refractivity contribution in [1.82, 2.24) is 0 Å². The van der Waals surface area contributed by atoms with Crippen LogP contribution in [0.25, 0.3) is 0 Å². The molecule has 42 atom stereocenters. The predicted octanol–water partition coefficient (Wildman–Crippen LogP) is -4.93. The van der Waals surface area contributed by atoms with Gasteiger partial charge in [0.15, 0.2) is 49.9 Å². The van der Waals surface area contributed by atoms with Crippen molar-refractivity contribution >= 4 is 18.2 Å². The number of rotatable bonds is 17. The van der Waals surface area contributed by atoms with E-state index in [4.69, 9.17) is 66.3 Å². The van der Waals surface area contributed by atoms with Crippen LogP contribution in [0.2, 0.25) is 0 Å². The lowest BCUT2D eigenvalue weighted by atomic mass is 9.33. The summed E-state index contributed by atoms with van der Waals surface area (Å²) in [5.41, 5.74) is -3.55. The molecule has 5 aliphatic carbocycles. The van der Waals surface area contributed by atoms with Crippen molar-refractivity contribution in [3.8, 4) is 0 Å². The summed E-state index contributed by atoms with van der Waals surface area (Å²) in [5.74, 6) is -3.38. The molecule has 35 heteroatoms. The molecule has 0 aromatic carbocycles. The van der Waals surface area contributed by atoms with Gasteiger partial charge >= 0.3 is 11.9 Å². The molecular formula is C70H110O35. The van der Waals surface area contributed by atoms with E-state index in [-0.39, 0.29) is 17.8 Å². The zero-order chi connectivity index (χ0) is 76.6. The summed E-state index contributed by atoms with van der Waals surface area (Å²) in [5, 5.41) is 197. The quantitative estimate of drug-likeness (QED) is 0.0281. The van der Waals surface area contributed by atoms with Gasteiger partial charge in [0.2, 0.25) is 6.29 Å². The van der Waals surface area contributed by atoms with Crippen LogP contribution in [0, 0.1) is 50.2 Å². The van der Waals surface area contributed by atoms with Gasteiger partial charge in [0.1, 0.15) is 134 Å². The van der Waals surface area contributed by atoms with Gasteiger partial charge in [-0.15, -0.1) is 0 Å². The van der Waals surface area contributed by atoms with Crippen molar-refractivity contribution in [1.29, 1.82) is 0 Å². The number of hydrogen-bond donors (Lipinski definition) is 18. The number of esters is 1. The highest BCUT2D eigenvalue weighted by Crippen LogP contribution is 2.76. The number of carbonyl (C=O) groups is 3. The van der Waals surface area contributed by atoms with Crippen molar-refractivity contribution in [3.63, 3.8) is 0 Å². The molecule has 7 aliphatic heterocycles. The Morgan fingerprint density at radius 2 is 1.00 bits per heavy atom. The maximum absolute atomic E-state index is 15.8. The number of aliphatic carboxylic acids is 1. The monoisotopic (exact) mass is 1510 g/mol. The third-order valence-corrected chi connectivity index (χ3v) is 26.8. The fourth-order valence-electron chi connectivity index (χ4n) is 20.1. The van der Waals surface area contributed by atoms with Gasteiger partial charge in [0, 0.05) is 0 Å². The molecule has 4 saturated carbocycles. The number of carboxylic acid groups (broad SMARTS) is 1. The zero-order valence-electron chi connectivity index (χ0n) is 60.2. The van der Waals surface area contributed by atoms with Crippen molar-refractivity contribution in [2.45, 2.75) is 335 Å². The first-order chi connectivity index (χ1) is 49.2.